The van der Waals surface area contributed by atoms with Gasteiger partial charge in [0.15, 0.2) is 0 Å². The van der Waals surface area contributed by atoms with Crippen molar-refractivity contribution in [2.24, 2.45) is 0 Å². The van der Waals surface area contributed by atoms with E-state index in [1.54, 1.807) is 0 Å². The van der Waals surface area contributed by atoms with Crippen LogP contribution in [0.25, 0.3) is 0 Å². The van der Waals surface area contributed by atoms with Crippen LogP contribution in [0.15, 0.2) is 0 Å². The summed E-state index contributed by atoms with van der Waals surface area (Å²) < 4.78 is 0. The summed E-state index contributed by atoms with van der Waals surface area (Å²) in [6, 6.07) is 0. The van der Waals surface area contributed by atoms with Crippen LogP contribution < -0.4 is 0 Å². The van der Waals surface area contributed by atoms with Crippen LogP contribution in [0.4, 0.5) is 0 Å². The molecule has 0 aliphatic heterocycles. The summed E-state index contributed by atoms with van der Waals surface area (Å²) in [6.07, 6.45) is 0. The monoisotopic (exact) mass is 84.1 g/mol. The maximum atomic E-state index is 8.40. The Balaban J connectivity index is 3.17. The van der Waals surface area contributed by atoms with E-state index in [9.17, 15) is 0 Å². The minimum Gasteiger partial charge on any atom is -0.454 e. The Kier molecular flexibility index (Phi) is 1.72. The van der Waals surface area contributed by atoms with Gasteiger partial charge in [0, 0.05) is 0 Å². The molecule has 0 aromatic carbocycles. The second-order valence-electron chi connectivity index (χ2n) is 2.72. The molecule has 0 aromatic rings. The lowest BCUT2D eigenvalue weighted by Gasteiger charge is -2.08. The Hall–Kier alpha value is 0.0899. The fourth-order valence-electron chi connectivity index (χ4n) is 0. The van der Waals surface area contributed by atoms with Crippen LogP contribution in [-0.2, 0) is 0 Å². The summed E-state index contributed by atoms with van der Waals surface area (Å²) in [5, 5.41) is 8.50. The summed E-state index contributed by atoms with van der Waals surface area (Å²) >= 11 is 0. The molecule has 0 radical (unpaired) electrons. The molecule has 0 saturated carbocycles. The van der Waals surface area contributed by atoms with Gasteiger partial charge in [0.1, 0.15) is 7.85 Å². The third kappa shape index (κ3) is 4.09. The van der Waals surface area contributed by atoms with E-state index in [0.29, 0.717) is 0 Å². The number of hydrogen-bond donors (Lipinski definition) is 1. The Bertz CT molecular complexity index is 38.5. The van der Waals surface area contributed by atoms with Crippen LogP contribution in [0.3, 0.4) is 0 Å². The fourth-order valence-corrected chi connectivity index (χ4v) is 0. The molecule has 3 heteroatoms. The second kappa shape index (κ2) is 1.69. The van der Waals surface area contributed by atoms with Crippen LogP contribution in [0.1, 0.15) is 13.8 Å². The minimum absolute atomic E-state index is 0.0972. The zero-order chi connectivity index (χ0) is 5.21. The zero-order valence-electron chi connectivity index (χ0n) is 4.65. The molecule has 0 heterocycles. The lowest BCUT2D eigenvalue weighted by Crippen LogP contribution is -2.10. The highest BCUT2D eigenvalue weighted by atomic mass is 16.2. The predicted octanol–water partition coefficient (Wildman–Crippen LogP) is -0.881. The first-order valence-electron chi connectivity index (χ1n) is 2.17. The third-order valence-electron chi connectivity index (χ3n) is 0.474. The van der Waals surface area contributed by atoms with Crippen molar-refractivity contribution in [3.63, 3.8) is 0 Å². The smallest absolute Gasteiger partial charge is 0.268 e. The molecule has 0 spiro atoms. The van der Waals surface area contributed by atoms with Crippen molar-refractivity contribution in [2.45, 2.75) is 19.1 Å². The first-order chi connectivity index (χ1) is 2.56. The second-order valence-corrected chi connectivity index (χ2v) is 2.72. The zero-order valence-corrected chi connectivity index (χ0v) is 4.65. The molecule has 0 saturated heterocycles. The van der Waals surface area contributed by atoms with Gasteiger partial charge in [-0.2, -0.15) is 0 Å². The van der Waals surface area contributed by atoms with E-state index in [4.69, 9.17) is 5.02 Å². The molecule has 34 valence electrons. The number of hydrogen-bond acceptors (Lipinski definition) is 1. The Labute approximate surface area is 40.4 Å². The summed E-state index contributed by atoms with van der Waals surface area (Å²) in [5.74, 6) is 0. The van der Waals surface area contributed by atoms with Crippen LogP contribution in [0, 0.1) is 0 Å². The molecule has 6 heavy (non-hydrogen) atoms. The van der Waals surface area contributed by atoms with Crippen molar-refractivity contribution < 1.29 is 5.02 Å². The molecule has 1 nitrogen and oxygen atoms in total. The number of rotatable bonds is 1. The topological polar surface area (TPSA) is 20.2 Å². The third-order valence-corrected chi connectivity index (χ3v) is 0.474. The average molecular weight is 83.7 g/mol. The van der Waals surface area contributed by atoms with Gasteiger partial charge in [-0.05, 0) is 0 Å². The molecule has 0 bridgehead atoms. The normalized spacial score (nSPS) is 11.2. The highest BCUT2D eigenvalue weighted by Crippen LogP contribution is 2.11. The summed E-state index contributed by atoms with van der Waals surface area (Å²) in [5.41, 5.74) is 0. The van der Waals surface area contributed by atoms with Gasteiger partial charge in [0.05, 0.1) is 0 Å². The molecule has 0 amide bonds. The van der Waals surface area contributed by atoms with Gasteiger partial charge in [-0.15, -0.1) is 0 Å². The largest absolute Gasteiger partial charge is 0.454 e. The molecule has 0 fully saturated rings. The van der Waals surface area contributed by atoms with Crippen molar-refractivity contribution in [2.75, 3.05) is 0 Å². The molecule has 0 aliphatic rings. The lowest BCUT2D eigenvalue weighted by atomic mass is 9.53. The van der Waals surface area contributed by atoms with Gasteiger partial charge in [0.2, 0.25) is 0 Å². The average Bonchev–Trinajstić information content (AvgIpc) is 1.35. The summed E-state index contributed by atoms with van der Waals surface area (Å²) in [4.78, 5) is 0. The fraction of sp³-hybridized carbons (Fsp3) is 1.00. The van der Waals surface area contributed by atoms with Gasteiger partial charge in [-0.3, -0.25) is 0 Å². The van der Waals surface area contributed by atoms with Crippen LogP contribution in [0.5, 0.6) is 0 Å². The Morgan fingerprint density at radius 3 is 1.83 bits per heavy atom. The van der Waals surface area contributed by atoms with Crippen LogP contribution in [0.2, 0.25) is 5.21 Å². The molecule has 0 rings (SSSR count). The summed E-state index contributed by atoms with van der Waals surface area (Å²) in [6.45, 7) is 3.99. The van der Waals surface area contributed by atoms with Crippen molar-refractivity contribution in [3.8, 4) is 0 Å². The molecule has 0 aliphatic carbocycles. The minimum atomic E-state index is 0.0972. The summed E-state index contributed by atoms with van der Waals surface area (Å²) in [7, 11) is 2.26. The van der Waals surface area contributed by atoms with Crippen molar-refractivity contribution >= 4 is 15.3 Å². The van der Waals surface area contributed by atoms with Gasteiger partial charge < -0.3 is 5.02 Å². The first kappa shape index (κ1) is 6.09. The van der Waals surface area contributed by atoms with Crippen molar-refractivity contribution in [1.29, 1.82) is 0 Å². The van der Waals surface area contributed by atoms with E-state index in [-0.39, 0.29) is 12.7 Å². The standard InChI is InChI=1S/C3H10B2O/c1-3(2,4)5-6/h5-6H,4H2,1-2H3. The Morgan fingerprint density at radius 1 is 1.67 bits per heavy atom. The maximum absolute atomic E-state index is 8.40. The molecule has 0 unspecified atom stereocenters. The predicted molar refractivity (Wildman–Crippen MR) is 32.0 cm³/mol. The van der Waals surface area contributed by atoms with E-state index in [0.717, 1.165) is 0 Å². The Morgan fingerprint density at radius 2 is 1.83 bits per heavy atom. The van der Waals surface area contributed by atoms with Crippen molar-refractivity contribution in [3.05, 3.63) is 0 Å². The highest BCUT2D eigenvalue weighted by Gasteiger charge is 2.08. The van der Waals surface area contributed by atoms with E-state index in [1.807, 2.05) is 21.7 Å². The maximum Gasteiger partial charge on any atom is 0.268 e. The van der Waals surface area contributed by atoms with E-state index in [2.05, 4.69) is 0 Å². The molecular weight excluding hydrogens is 73.7 g/mol. The highest BCUT2D eigenvalue weighted by molar-refractivity contribution is 6.47. The van der Waals surface area contributed by atoms with E-state index >= 15 is 0 Å². The van der Waals surface area contributed by atoms with E-state index in [1.165, 1.54) is 0 Å². The van der Waals surface area contributed by atoms with Gasteiger partial charge in [-0.1, -0.05) is 19.1 Å². The van der Waals surface area contributed by atoms with Gasteiger partial charge in [0.25, 0.3) is 7.48 Å². The van der Waals surface area contributed by atoms with E-state index < -0.39 is 0 Å². The van der Waals surface area contributed by atoms with Crippen molar-refractivity contribution in [1.82, 2.24) is 0 Å². The quantitative estimate of drug-likeness (QED) is 0.409. The molecule has 0 aromatic heterocycles. The molecular formula is C3H10B2O. The SMILES string of the molecule is BC(C)(C)BO. The van der Waals surface area contributed by atoms with Gasteiger partial charge in [-0.25, -0.2) is 0 Å². The molecule has 0 atom stereocenters. The van der Waals surface area contributed by atoms with Crippen LogP contribution >= 0.6 is 0 Å². The lowest BCUT2D eigenvalue weighted by molar-refractivity contribution is 0.577. The van der Waals surface area contributed by atoms with Gasteiger partial charge >= 0.3 is 0 Å². The van der Waals surface area contributed by atoms with Crippen LogP contribution in [-0.4, -0.2) is 20.4 Å². The first-order valence-corrected chi connectivity index (χ1v) is 2.17. The molecule has 1 N–H and O–H groups in total.